The van der Waals surface area contributed by atoms with Crippen LogP contribution >= 0.6 is 0 Å². The lowest BCUT2D eigenvalue weighted by atomic mass is 10.1. The average molecular weight is 396 g/mol. The number of nitrogens with zero attached hydrogens (tertiary/aromatic N) is 3. The molecular weight excluding hydrogens is 362 g/mol. The summed E-state index contributed by atoms with van der Waals surface area (Å²) in [6.07, 6.45) is 2.51. The van der Waals surface area contributed by atoms with E-state index in [4.69, 9.17) is 0 Å². The summed E-state index contributed by atoms with van der Waals surface area (Å²) in [5.41, 5.74) is 2.60. The molecule has 5 nitrogen and oxygen atoms in total. The predicted molar refractivity (Wildman–Crippen MR) is 119 cm³/mol. The number of phenolic OH excluding ortho intramolecular Hbond substituents is 1. The van der Waals surface area contributed by atoms with E-state index < -0.39 is 0 Å². The Hall–Kier alpha value is -2.53. The Morgan fingerprint density at radius 1 is 1.03 bits per heavy atom. The van der Waals surface area contributed by atoms with Crippen LogP contribution in [0.5, 0.6) is 5.75 Å². The number of carbonyl (C=O) groups excluding carboxylic acids is 1. The van der Waals surface area contributed by atoms with Gasteiger partial charge in [0.1, 0.15) is 5.75 Å². The van der Waals surface area contributed by atoms with Crippen molar-refractivity contribution in [1.82, 2.24) is 9.80 Å². The van der Waals surface area contributed by atoms with Crippen molar-refractivity contribution < 1.29 is 9.90 Å². The third-order valence-electron chi connectivity index (χ3n) is 5.81. The molecule has 1 fully saturated rings. The van der Waals surface area contributed by atoms with Gasteiger partial charge in [-0.15, -0.1) is 0 Å². The van der Waals surface area contributed by atoms with Crippen LogP contribution in [0.15, 0.2) is 48.5 Å². The van der Waals surface area contributed by atoms with Crippen LogP contribution in [0.2, 0.25) is 0 Å². The largest absolute Gasteiger partial charge is 0.508 e. The second kappa shape index (κ2) is 9.79. The molecule has 1 aliphatic rings. The quantitative estimate of drug-likeness (QED) is 0.715. The normalized spacial score (nSPS) is 15.3. The van der Waals surface area contributed by atoms with Crippen LogP contribution in [-0.2, 0) is 0 Å². The fourth-order valence-electron chi connectivity index (χ4n) is 4.08. The highest BCUT2D eigenvalue weighted by Gasteiger charge is 2.22. The summed E-state index contributed by atoms with van der Waals surface area (Å²) >= 11 is 0. The molecule has 0 aromatic heterocycles. The molecule has 5 heteroatoms. The Morgan fingerprint density at radius 3 is 2.28 bits per heavy atom. The number of aromatic hydroxyl groups is 1. The minimum atomic E-state index is 0.0558. The maximum Gasteiger partial charge on any atom is 0.253 e. The lowest BCUT2D eigenvalue weighted by molar-refractivity contribution is 0.0773. The molecule has 1 aliphatic heterocycles. The fourth-order valence-corrected chi connectivity index (χ4v) is 4.08. The summed E-state index contributed by atoms with van der Waals surface area (Å²) < 4.78 is 0. The number of rotatable bonds is 8. The molecule has 0 spiro atoms. The number of phenols is 1. The zero-order chi connectivity index (χ0) is 20.8. The zero-order valence-electron chi connectivity index (χ0n) is 17.8. The van der Waals surface area contributed by atoms with Gasteiger partial charge < -0.3 is 14.9 Å². The molecule has 1 amide bonds. The van der Waals surface area contributed by atoms with Crippen molar-refractivity contribution in [1.29, 1.82) is 0 Å². The molecule has 0 aliphatic carbocycles. The number of benzene rings is 2. The molecule has 1 heterocycles. The average Bonchev–Trinajstić information content (AvgIpc) is 3.28. The van der Waals surface area contributed by atoms with E-state index in [0.29, 0.717) is 24.7 Å². The predicted octanol–water partition coefficient (Wildman–Crippen LogP) is 4.50. The van der Waals surface area contributed by atoms with Crippen molar-refractivity contribution in [2.24, 2.45) is 0 Å². The molecule has 1 saturated heterocycles. The number of hydrogen-bond acceptors (Lipinski definition) is 4. The number of amides is 1. The van der Waals surface area contributed by atoms with Crippen molar-refractivity contribution >= 4 is 17.3 Å². The summed E-state index contributed by atoms with van der Waals surface area (Å²) in [6, 6.07) is 15.6. The maximum absolute atomic E-state index is 12.9. The summed E-state index contributed by atoms with van der Waals surface area (Å²) in [6.45, 7) is 10.7. The molecule has 3 rings (SSSR count). The van der Waals surface area contributed by atoms with Gasteiger partial charge in [-0.25, -0.2) is 0 Å². The SMILES string of the molecule is CCN(CC)C(=O)c1cccc(N(CC(C)N2CCCC2)c2cccc(O)c2)c1. The van der Waals surface area contributed by atoms with Crippen molar-refractivity contribution in [2.45, 2.75) is 39.7 Å². The standard InChI is InChI=1S/C24H33N3O2/c1-4-25(5-2)24(29)20-10-8-11-21(16-20)27(22-12-9-13-23(28)17-22)18-19(3)26-14-6-7-15-26/h8-13,16-17,19,28H,4-7,14-15,18H2,1-3H3. The van der Waals surface area contributed by atoms with Crippen LogP contribution < -0.4 is 4.90 Å². The van der Waals surface area contributed by atoms with E-state index in [1.54, 1.807) is 12.1 Å². The van der Waals surface area contributed by atoms with Crippen molar-refractivity contribution in [3.05, 3.63) is 54.1 Å². The highest BCUT2D eigenvalue weighted by atomic mass is 16.3. The van der Waals surface area contributed by atoms with Gasteiger partial charge in [0.2, 0.25) is 0 Å². The van der Waals surface area contributed by atoms with Gasteiger partial charge in [-0.3, -0.25) is 9.69 Å². The second-order valence-corrected chi connectivity index (χ2v) is 7.75. The van der Waals surface area contributed by atoms with Crippen LogP contribution in [-0.4, -0.2) is 59.6 Å². The number of hydrogen-bond donors (Lipinski definition) is 1. The highest BCUT2D eigenvalue weighted by Crippen LogP contribution is 2.30. The van der Waals surface area contributed by atoms with Crippen LogP contribution in [0.3, 0.4) is 0 Å². The molecular formula is C24H33N3O2. The first kappa shape index (κ1) is 21.2. The van der Waals surface area contributed by atoms with E-state index in [-0.39, 0.29) is 11.7 Å². The monoisotopic (exact) mass is 395 g/mol. The van der Waals surface area contributed by atoms with Crippen molar-refractivity contribution in [3.8, 4) is 5.75 Å². The highest BCUT2D eigenvalue weighted by molar-refractivity contribution is 5.95. The van der Waals surface area contributed by atoms with Crippen LogP contribution in [0.4, 0.5) is 11.4 Å². The van der Waals surface area contributed by atoms with E-state index in [2.05, 4.69) is 16.7 Å². The lowest BCUT2D eigenvalue weighted by Gasteiger charge is -2.33. The molecule has 2 aromatic rings. The summed E-state index contributed by atoms with van der Waals surface area (Å²) in [4.78, 5) is 19.4. The van der Waals surface area contributed by atoms with Gasteiger partial charge in [0.25, 0.3) is 5.91 Å². The first-order chi connectivity index (χ1) is 14.0. The molecule has 156 valence electrons. The van der Waals surface area contributed by atoms with Crippen molar-refractivity contribution in [2.75, 3.05) is 37.6 Å². The van der Waals surface area contributed by atoms with E-state index in [9.17, 15) is 9.90 Å². The topological polar surface area (TPSA) is 47.0 Å². The van der Waals surface area contributed by atoms with E-state index in [0.717, 1.165) is 31.0 Å². The lowest BCUT2D eigenvalue weighted by Crippen LogP contribution is -2.39. The van der Waals surface area contributed by atoms with Gasteiger partial charge in [0.05, 0.1) is 0 Å². The third kappa shape index (κ3) is 5.10. The first-order valence-electron chi connectivity index (χ1n) is 10.7. The summed E-state index contributed by atoms with van der Waals surface area (Å²) in [5.74, 6) is 0.303. The fraction of sp³-hybridized carbons (Fsp3) is 0.458. The van der Waals surface area contributed by atoms with Crippen LogP contribution in [0.1, 0.15) is 44.0 Å². The Labute approximate surface area is 174 Å². The van der Waals surface area contributed by atoms with Gasteiger partial charge in [-0.1, -0.05) is 12.1 Å². The zero-order valence-corrected chi connectivity index (χ0v) is 17.8. The van der Waals surface area contributed by atoms with E-state index >= 15 is 0 Å². The Bertz CT molecular complexity index is 813. The molecule has 1 N–H and O–H groups in total. The molecule has 1 unspecified atom stereocenters. The molecule has 29 heavy (non-hydrogen) atoms. The Balaban J connectivity index is 1.93. The Kier molecular flexibility index (Phi) is 7.15. The maximum atomic E-state index is 12.9. The minimum Gasteiger partial charge on any atom is -0.508 e. The third-order valence-corrected chi connectivity index (χ3v) is 5.81. The molecule has 2 aromatic carbocycles. The van der Waals surface area contributed by atoms with Gasteiger partial charge in [0.15, 0.2) is 0 Å². The second-order valence-electron chi connectivity index (χ2n) is 7.75. The molecule has 0 radical (unpaired) electrons. The first-order valence-corrected chi connectivity index (χ1v) is 10.7. The van der Waals surface area contributed by atoms with Gasteiger partial charge in [-0.2, -0.15) is 0 Å². The van der Waals surface area contributed by atoms with Gasteiger partial charge in [0, 0.05) is 48.7 Å². The molecule has 0 bridgehead atoms. The van der Waals surface area contributed by atoms with Gasteiger partial charge in [-0.05, 0) is 77.0 Å². The van der Waals surface area contributed by atoms with E-state index in [1.807, 2.05) is 55.1 Å². The van der Waals surface area contributed by atoms with Crippen molar-refractivity contribution in [3.63, 3.8) is 0 Å². The molecule has 1 atom stereocenters. The summed E-state index contributed by atoms with van der Waals surface area (Å²) in [5, 5.41) is 10.0. The van der Waals surface area contributed by atoms with Gasteiger partial charge >= 0.3 is 0 Å². The molecule has 0 saturated carbocycles. The number of carbonyl (C=O) groups is 1. The smallest absolute Gasteiger partial charge is 0.253 e. The Morgan fingerprint density at radius 2 is 1.66 bits per heavy atom. The van der Waals surface area contributed by atoms with E-state index in [1.165, 1.54) is 12.8 Å². The number of anilines is 2. The number of likely N-dealkylation sites (tertiary alicyclic amines) is 1. The summed E-state index contributed by atoms with van der Waals surface area (Å²) in [7, 11) is 0. The van der Waals surface area contributed by atoms with Crippen LogP contribution in [0.25, 0.3) is 0 Å². The van der Waals surface area contributed by atoms with Crippen LogP contribution in [0, 0.1) is 0 Å². The minimum absolute atomic E-state index is 0.0558.